The maximum absolute atomic E-state index is 12.5. The number of amides is 2. The van der Waals surface area contributed by atoms with Crippen molar-refractivity contribution in [3.8, 4) is 11.5 Å². The highest BCUT2D eigenvalue weighted by Gasteiger charge is 2.12. The third kappa shape index (κ3) is 4.90. The number of ether oxygens (including phenoxy) is 2. The molecule has 3 rings (SSSR count). The molecule has 0 saturated heterocycles. The molecule has 29 heavy (non-hydrogen) atoms. The van der Waals surface area contributed by atoms with Gasteiger partial charge in [-0.25, -0.2) is 4.98 Å². The molecule has 0 bridgehead atoms. The highest BCUT2D eigenvalue weighted by molar-refractivity contribution is 6.05. The Morgan fingerprint density at radius 2 is 1.52 bits per heavy atom. The van der Waals surface area contributed by atoms with Gasteiger partial charge in [0.05, 0.1) is 26.1 Å². The fraction of sp³-hybridized carbons (Fsp3) is 0.136. The number of aryl methyl sites for hydroxylation is 1. The van der Waals surface area contributed by atoms with Crippen LogP contribution >= 0.6 is 0 Å². The molecule has 1 heterocycles. The third-order valence-corrected chi connectivity index (χ3v) is 4.28. The van der Waals surface area contributed by atoms with E-state index in [1.165, 1.54) is 6.20 Å². The van der Waals surface area contributed by atoms with Gasteiger partial charge in [0.2, 0.25) is 0 Å². The Hall–Kier alpha value is -3.87. The first-order chi connectivity index (χ1) is 14.0. The van der Waals surface area contributed by atoms with E-state index in [0.29, 0.717) is 34.1 Å². The molecule has 0 fully saturated rings. The number of carbonyl (C=O) groups excluding carboxylic acids is 2. The predicted molar refractivity (Wildman–Crippen MR) is 111 cm³/mol. The first-order valence-corrected chi connectivity index (χ1v) is 8.87. The molecule has 0 saturated carbocycles. The molecule has 0 spiro atoms. The van der Waals surface area contributed by atoms with Crippen molar-refractivity contribution in [2.24, 2.45) is 0 Å². The van der Waals surface area contributed by atoms with Crippen molar-refractivity contribution >= 4 is 23.3 Å². The topological polar surface area (TPSA) is 89.6 Å². The van der Waals surface area contributed by atoms with Gasteiger partial charge in [-0.05, 0) is 61.0 Å². The highest BCUT2D eigenvalue weighted by atomic mass is 16.5. The summed E-state index contributed by atoms with van der Waals surface area (Å²) in [5.74, 6) is 1.11. The number of nitrogens with one attached hydrogen (secondary N) is 2. The predicted octanol–water partition coefficient (Wildman–Crippen LogP) is 3.91. The van der Waals surface area contributed by atoms with E-state index in [-0.39, 0.29) is 11.8 Å². The normalized spacial score (nSPS) is 10.2. The average Bonchev–Trinajstić information content (AvgIpc) is 2.75. The molecule has 2 aromatic carbocycles. The Morgan fingerprint density at radius 3 is 2.17 bits per heavy atom. The van der Waals surface area contributed by atoms with Crippen LogP contribution in [0.5, 0.6) is 11.5 Å². The summed E-state index contributed by atoms with van der Waals surface area (Å²) in [5, 5.41) is 5.56. The monoisotopic (exact) mass is 391 g/mol. The third-order valence-electron chi connectivity index (χ3n) is 4.28. The molecular weight excluding hydrogens is 370 g/mol. The Bertz CT molecular complexity index is 1030. The summed E-state index contributed by atoms with van der Waals surface area (Å²) in [6, 6.07) is 15.3. The number of hydrogen-bond acceptors (Lipinski definition) is 5. The summed E-state index contributed by atoms with van der Waals surface area (Å²) in [6.45, 7) is 1.83. The van der Waals surface area contributed by atoms with E-state index in [4.69, 9.17) is 9.47 Å². The highest BCUT2D eigenvalue weighted by Crippen LogP contribution is 2.20. The Balaban J connectivity index is 1.69. The van der Waals surface area contributed by atoms with E-state index >= 15 is 0 Å². The quantitative estimate of drug-likeness (QED) is 0.665. The van der Waals surface area contributed by atoms with Gasteiger partial charge >= 0.3 is 0 Å². The number of hydrogen-bond donors (Lipinski definition) is 2. The minimum atomic E-state index is -0.285. The van der Waals surface area contributed by atoms with Crippen LogP contribution in [0.1, 0.15) is 26.3 Å². The first kappa shape index (κ1) is 19.9. The lowest BCUT2D eigenvalue weighted by Gasteiger charge is -2.11. The minimum Gasteiger partial charge on any atom is -0.497 e. The van der Waals surface area contributed by atoms with Crippen molar-refractivity contribution in [1.29, 1.82) is 0 Å². The molecule has 2 amide bonds. The van der Waals surface area contributed by atoms with Gasteiger partial charge in [0.25, 0.3) is 11.8 Å². The maximum atomic E-state index is 12.5. The fourth-order valence-corrected chi connectivity index (χ4v) is 2.64. The SMILES string of the molecule is COc1ccc(C(=O)Nc2cc(C)c(NC(=O)c3cccc(OC)c3)cn2)cc1. The van der Waals surface area contributed by atoms with Gasteiger partial charge in [0, 0.05) is 11.1 Å². The van der Waals surface area contributed by atoms with Gasteiger partial charge in [-0.2, -0.15) is 0 Å². The molecule has 148 valence electrons. The summed E-state index contributed by atoms with van der Waals surface area (Å²) < 4.78 is 10.2. The van der Waals surface area contributed by atoms with Crippen molar-refractivity contribution < 1.29 is 19.1 Å². The van der Waals surface area contributed by atoms with Crippen LogP contribution in [0.3, 0.4) is 0 Å². The summed E-state index contributed by atoms with van der Waals surface area (Å²) in [7, 11) is 3.11. The summed E-state index contributed by atoms with van der Waals surface area (Å²) in [5.41, 5.74) is 2.28. The van der Waals surface area contributed by atoms with Crippen LogP contribution in [-0.2, 0) is 0 Å². The van der Waals surface area contributed by atoms with Crippen molar-refractivity contribution in [1.82, 2.24) is 4.98 Å². The van der Waals surface area contributed by atoms with Crippen molar-refractivity contribution in [2.75, 3.05) is 24.9 Å². The molecule has 0 unspecified atom stereocenters. The molecule has 0 atom stereocenters. The van der Waals surface area contributed by atoms with E-state index < -0.39 is 0 Å². The van der Waals surface area contributed by atoms with Crippen molar-refractivity contribution in [2.45, 2.75) is 6.92 Å². The van der Waals surface area contributed by atoms with Crippen molar-refractivity contribution in [3.63, 3.8) is 0 Å². The van der Waals surface area contributed by atoms with Crippen LogP contribution in [0, 0.1) is 6.92 Å². The summed E-state index contributed by atoms with van der Waals surface area (Å²) in [6.07, 6.45) is 1.51. The largest absolute Gasteiger partial charge is 0.497 e. The smallest absolute Gasteiger partial charge is 0.256 e. The lowest BCUT2D eigenvalue weighted by molar-refractivity contribution is 0.101. The van der Waals surface area contributed by atoms with Gasteiger partial charge in [0.1, 0.15) is 17.3 Å². The van der Waals surface area contributed by atoms with E-state index in [2.05, 4.69) is 15.6 Å². The molecule has 3 aromatic rings. The minimum absolute atomic E-state index is 0.274. The molecule has 1 aromatic heterocycles. The lowest BCUT2D eigenvalue weighted by Crippen LogP contribution is -2.15. The second-order valence-corrected chi connectivity index (χ2v) is 6.25. The molecule has 0 aliphatic rings. The Kier molecular flexibility index (Phi) is 6.09. The Morgan fingerprint density at radius 1 is 0.828 bits per heavy atom. The van der Waals surface area contributed by atoms with Crippen LogP contribution in [0.2, 0.25) is 0 Å². The van der Waals surface area contributed by atoms with E-state index in [9.17, 15) is 9.59 Å². The number of nitrogens with zero attached hydrogens (tertiary/aromatic N) is 1. The zero-order chi connectivity index (χ0) is 20.8. The van der Waals surface area contributed by atoms with Crippen LogP contribution in [0.4, 0.5) is 11.5 Å². The maximum Gasteiger partial charge on any atom is 0.256 e. The number of carbonyl (C=O) groups is 2. The van der Waals surface area contributed by atoms with Crippen molar-refractivity contribution in [3.05, 3.63) is 77.5 Å². The van der Waals surface area contributed by atoms with E-state index in [1.54, 1.807) is 68.8 Å². The van der Waals surface area contributed by atoms with Crippen LogP contribution in [0.15, 0.2) is 60.8 Å². The van der Waals surface area contributed by atoms with Crippen LogP contribution in [0.25, 0.3) is 0 Å². The molecule has 7 nitrogen and oxygen atoms in total. The van der Waals surface area contributed by atoms with E-state index in [1.807, 2.05) is 6.92 Å². The Labute approximate surface area is 168 Å². The lowest BCUT2D eigenvalue weighted by atomic mass is 10.1. The number of rotatable bonds is 6. The van der Waals surface area contributed by atoms with Gasteiger partial charge in [-0.15, -0.1) is 0 Å². The number of pyridine rings is 1. The fourth-order valence-electron chi connectivity index (χ4n) is 2.64. The number of anilines is 2. The van der Waals surface area contributed by atoms with Gasteiger partial charge in [-0.1, -0.05) is 6.07 Å². The van der Waals surface area contributed by atoms with E-state index in [0.717, 1.165) is 5.56 Å². The second kappa shape index (κ2) is 8.88. The average molecular weight is 391 g/mol. The van der Waals surface area contributed by atoms with Gasteiger partial charge < -0.3 is 20.1 Å². The molecule has 0 aliphatic carbocycles. The zero-order valence-electron chi connectivity index (χ0n) is 16.4. The summed E-state index contributed by atoms with van der Waals surface area (Å²) in [4.78, 5) is 29.0. The second-order valence-electron chi connectivity index (χ2n) is 6.25. The molecule has 0 aliphatic heterocycles. The number of aromatic nitrogens is 1. The number of methoxy groups -OCH3 is 2. The molecule has 7 heteroatoms. The standard InChI is InChI=1S/C22H21N3O4/c1-14-11-20(25-21(26)15-7-9-17(28-2)10-8-15)23-13-19(14)24-22(27)16-5-4-6-18(12-16)29-3/h4-13H,1-3H3,(H,24,27)(H,23,25,26). The molecule has 2 N–H and O–H groups in total. The molecule has 0 radical (unpaired) electrons. The van der Waals surface area contributed by atoms with Crippen LogP contribution < -0.4 is 20.1 Å². The van der Waals surface area contributed by atoms with Gasteiger partial charge in [0.15, 0.2) is 0 Å². The van der Waals surface area contributed by atoms with Gasteiger partial charge in [-0.3, -0.25) is 9.59 Å². The molecular formula is C22H21N3O4. The first-order valence-electron chi connectivity index (χ1n) is 8.87. The summed E-state index contributed by atoms with van der Waals surface area (Å²) >= 11 is 0. The van der Waals surface area contributed by atoms with Crippen LogP contribution in [-0.4, -0.2) is 31.0 Å². The number of benzene rings is 2. The zero-order valence-corrected chi connectivity index (χ0v) is 16.4.